The van der Waals surface area contributed by atoms with E-state index < -0.39 is 5.60 Å². The van der Waals surface area contributed by atoms with Crippen LogP contribution in [0.15, 0.2) is 36.4 Å². The van der Waals surface area contributed by atoms with Gasteiger partial charge in [-0.3, -0.25) is 9.78 Å². The Kier molecular flexibility index (Phi) is 7.68. The molecular weight excluding hydrogens is 500 g/mol. The second-order valence-electron chi connectivity index (χ2n) is 12.9. The van der Waals surface area contributed by atoms with Crippen LogP contribution in [-0.2, 0) is 24.1 Å². The van der Waals surface area contributed by atoms with Crippen molar-refractivity contribution in [1.29, 1.82) is 0 Å². The molecule has 0 atom stereocenters. The van der Waals surface area contributed by atoms with E-state index in [9.17, 15) is 9.59 Å². The summed E-state index contributed by atoms with van der Waals surface area (Å²) in [7, 11) is 0. The van der Waals surface area contributed by atoms with Crippen molar-refractivity contribution in [2.45, 2.75) is 91.8 Å². The van der Waals surface area contributed by atoms with Crippen molar-refractivity contribution >= 4 is 17.7 Å². The molecule has 40 heavy (non-hydrogen) atoms. The summed E-state index contributed by atoms with van der Waals surface area (Å²) in [6.45, 7) is 14.9. The van der Waals surface area contributed by atoms with Gasteiger partial charge in [-0.15, -0.1) is 0 Å². The number of hydrogen-bond donors (Lipinski definition) is 1. The molecule has 7 heteroatoms. The zero-order valence-corrected chi connectivity index (χ0v) is 25.0. The predicted molar refractivity (Wildman–Crippen MR) is 159 cm³/mol. The molecule has 1 N–H and O–H groups in total. The van der Waals surface area contributed by atoms with Crippen molar-refractivity contribution in [3.63, 3.8) is 0 Å². The molecule has 1 aromatic heterocycles. The van der Waals surface area contributed by atoms with Gasteiger partial charge in [0.15, 0.2) is 0 Å². The molecule has 1 spiro atoms. The fourth-order valence-corrected chi connectivity index (χ4v) is 6.76. The van der Waals surface area contributed by atoms with E-state index in [1.807, 2.05) is 51.7 Å². The number of anilines is 1. The number of pyridine rings is 1. The molecule has 2 aromatic rings. The molecule has 3 aliphatic rings. The third-order valence-corrected chi connectivity index (χ3v) is 8.57. The standard InChI is InChI=1S/C33H44N4O3/c1-7-37(25-17-33(18-25)20-36(21-33)31(39)40-32(4,5)6)29-15-11-14-27-26(29)13-10-8-9-12-24-16-22(2)35-23(3)28(24)19-34-30(27)38/h8,10-11,14-16,25H,7,9,12-13,17-21H2,1-6H3,(H,34,38)/b10-8+. The van der Waals surface area contributed by atoms with Crippen molar-refractivity contribution in [2.24, 2.45) is 5.41 Å². The average Bonchev–Trinajstić information content (AvgIpc) is 2.81. The minimum atomic E-state index is -0.472. The molecule has 214 valence electrons. The molecule has 0 radical (unpaired) electrons. The lowest BCUT2D eigenvalue weighted by molar-refractivity contribution is -0.0779. The Bertz CT molecular complexity index is 1310. The van der Waals surface area contributed by atoms with Gasteiger partial charge in [0.1, 0.15) is 5.60 Å². The molecule has 7 nitrogen and oxygen atoms in total. The van der Waals surface area contributed by atoms with Gasteiger partial charge in [-0.05, 0) is 109 Å². The van der Waals surface area contributed by atoms with Gasteiger partial charge in [0, 0.05) is 60.3 Å². The number of likely N-dealkylation sites (tertiary alicyclic amines) is 1. The second kappa shape index (κ2) is 10.9. The molecule has 2 fully saturated rings. The number of nitrogens with one attached hydrogen (secondary N) is 1. The number of benzene rings is 1. The zero-order chi connectivity index (χ0) is 28.7. The van der Waals surface area contributed by atoms with Gasteiger partial charge in [0.2, 0.25) is 0 Å². The molecule has 1 saturated carbocycles. The summed E-state index contributed by atoms with van der Waals surface area (Å²) in [5.74, 6) is -0.0372. The Morgan fingerprint density at radius 3 is 2.62 bits per heavy atom. The third-order valence-electron chi connectivity index (χ3n) is 8.57. The van der Waals surface area contributed by atoms with Crippen LogP contribution >= 0.6 is 0 Å². The maximum absolute atomic E-state index is 13.6. The number of aryl methyl sites for hydroxylation is 3. The highest BCUT2D eigenvalue weighted by atomic mass is 16.6. The number of amides is 2. The highest BCUT2D eigenvalue weighted by Crippen LogP contribution is 2.51. The van der Waals surface area contributed by atoms with Crippen LogP contribution in [0.25, 0.3) is 0 Å². The van der Waals surface area contributed by atoms with Gasteiger partial charge in [0.05, 0.1) is 0 Å². The van der Waals surface area contributed by atoms with Gasteiger partial charge in [-0.2, -0.15) is 0 Å². The molecule has 3 heterocycles. The number of nitrogens with zero attached hydrogens (tertiary/aromatic N) is 3. The van der Waals surface area contributed by atoms with Crippen molar-refractivity contribution in [3.05, 3.63) is 70.1 Å². The Morgan fingerprint density at radius 1 is 1.18 bits per heavy atom. The van der Waals surface area contributed by atoms with Gasteiger partial charge in [0.25, 0.3) is 5.91 Å². The monoisotopic (exact) mass is 544 g/mol. The first-order valence-corrected chi connectivity index (χ1v) is 14.7. The van der Waals surface area contributed by atoms with Crippen LogP contribution in [0, 0.1) is 19.3 Å². The Labute approximate surface area is 239 Å². The summed E-state index contributed by atoms with van der Waals surface area (Å²) < 4.78 is 5.56. The SMILES string of the molecule is CCN(c1cccc2c1C/C=C/CCc1cc(C)nc(C)c1CNC2=O)C1CC2(C1)CN(C(=O)OC(C)(C)C)C2. The smallest absolute Gasteiger partial charge is 0.410 e. The number of allylic oxidation sites excluding steroid dienone is 2. The minimum absolute atomic E-state index is 0.0372. The highest BCUT2D eigenvalue weighted by Gasteiger charge is 2.55. The van der Waals surface area contributed by atoms with E-state index in [2.05, 4.69) is 46.4 Å². The second-order valence-corrected chi connectivity index (χ2v) is 12.9. The number of aromatic nitrogens is 1. The fourth-order valence-electron chi connectivity index (χ4n) is 6.76. The van der Waals surface area contributed by atoms with Gasteiger partial charge < -0.3 is 19.9 Å². The van der Waals surface area contributed by atoms with Crippen LogP contribution in [0.1, 0.15) is 85.4 Å². The quantitative estimate of drug-likeness (QED) is 0.487. The first kappa shape index (κ1) is 28.2. The lowest BCUT2D eigenvalue weighted by atomic mass is 9.60. The molecule has 5 rings (SSSR count). The molecule has 0 bridgehead atoms. The molecule has 2 aliphatic heterocycles. The van der Waals surface area contributed by atoms with Crippen molar-refractivity contribution < 1.29 is 14.3 Å². The maximum Gasteiger partial charge on any atom is 0.410 e. The van der Waals surface area contributed by atoms with E-state index in [0.29, 0.717) is 12.6 Å². The third kappa shape index (κ3) is 5.74. The summed E-state index contributed by atoms with van der Waals surface area (Å²) in [5.41, 5.74) is 7.10. The summed E-state index contributed by atoms with van der Waals surface area (Å²) in [6.07, 6.45) is 8.98. The first-order valence-electron chi connectivity index (χ1n) is 14.7. The van der Waals surface area contributed by atoms with Crippen molar-refractivity contribution in [2.75, 3.05) is 24.5 Å². The van der Waals surface area contributed by atoms with Crippen molar-refractivity contribution in [1.82, 2.24) is 15.2 Å². The highest BCUT2D eigenvalue weighted by molar-refractivity contribution is 5.97. The summed E-state index contributed by atoms with van der Waals surface area (Å²) >= 11 is 0. The first-order chi connectivity index (χ1) is 19.0. The van der Waals surface area contributed by atoms with Gasteiger partial charge in [-0.1, -0.05) is 18.2 Å². The topological polar surface area (TPSA) is 74.8 Å². The van der Waals surface area contributed by atoms with Crippen LogP contribution < -0.4 is 10.2 Å². The van der Waals surface area contributed by atoms with Crippen LogP contribution in [0.5, 0.6) is 0 Å². The molecular formula is C33H44N4O3. The van der Waals surface area contributed by atoms with Gasteiger partial charge >= 0.3 is 6.09 Å². The molecule has 2 amide bonds. The normalized spacial score (nSPS) is 19.6. The minimum Gasteiger partial charge on any atom is -0.444 e. The van der Waals surface area contributed by atoms with Crippen LogP contribution in [0.3, 0.4) is 0 Å². The van der Waals surface area contributed by atoms with Crippen molar-refractivity contribution in [3.8, 4) is 0 Å². The summed E-state index contributed by atoms with van der Waals surface area (Å²) in [5, 5.41) is 3.21. The lowest BCUT2D eigenvalue weighted by Crippen LogP contribution is -2.68. The van der Waals surface area contributed by atoms with E-state index >= 15 is 0 Å². The number of ether oxygens (including phenoxy) is 1. The Hall–Kier alpha value is -3.35. The summed E-state index contributed by atoms with van der Waals surface area (Å²) in [6, 6.07) is 8.68. The van der Waals surface area contributed by atoms with E-state index in [0.717, 1.165) is 85.5 Å². The summed E-state index contributed by atoms with van der Waals surface area (Å²) in [4.78, 5) is 35.0. The number of carbonyl (C=O) groups excluding carboxylic acids is 2. The van der Waals surface area contributed by atoms with Crippen LogP contribution in [0.4, 0.5) is 10.5 Å². The average molecular weight is 545 g/mol. The van der Waals surface area contributed by atoms with E-state index in [-0.39, 0.29) is 17.4 Å². The molecule has 0 unspecified atom stereocenters. The van der Waals surface area contributed by atoms with E-state index in [1.54, 1.807) is 0 Å². The van der Waals surface area contributed by atoms with Crippen LogP contribution in [0.2, 0.25) is 0 Å². The van der Waals surface area contributed by atoms with Gasteiger partial charge in [-0.25, -0.2) is 4.79 Å². The Balaban J connectivity index is 1.33. The fraction of sp³-hybridized carbons (Fsp3) is 0.545. The number of rotatable bonds is 3. The Morgan fingerprint density at radius 2 is 1.93 bits per heavy atom. The molecule has 1 aliphatic carbocycles. The van der Waals surface area contributed by atoms with Crippen LogP contribution in [-0.4, -0.2) is 53.2 Å². The maximum atomic E-state index is 13.6. The largest absolute Gasteiger partial charge is 0.444 e. The molecule has 1 aromatic carbocycles. The zero-order valence-electron chi connectivity index (χ0n) is 25.0. The number of hydrogen-bond acceptors (Lipinski definition) is 5. The predicted octanol–water partition coefficient (Wildman–Crippen LogP) is 5.90. The molecule has 1 saturated heterocycles. The number of carbonyl (C=O) groups is 2. The number of fused-ring (bicyclic) bond motifs is 2. The lowest BCUT2D eigenvalue weighted by Gasteiger charge is -2.61. The van der Waals surface area contributed by atoms with E-state index in [1.165, 1.54) is 5.56 Å². The van der Waals surface area contributed by atoms with E-state index in [4.69, 9.17) is 4.74 Å².